The van der Waals surface area contributed by atoms with Gasteiger partial charge in [-0.3, -0.25) is 4.90 Å². The zero-order chi connectivity index (χ0) is 10.7. The third-order valence-corrected chi connectivity index (χ3v) is 3.92. The number of nitrogens with zero attached hydrogens (tertiary/aromatic N) is 1. The lowest BCUT2D eigenvalue weighted by molar-refractivity contribution is 0.183. The zero-order valence-corrected chi connectivity index (χ0v) is 10.2. The number of hydrogen-bond donors (Lipinski definition) is 1. The lowest BCUT2D eigenvalue weighted by Gasteiger charge is -2.33. The molecule has 0 bridgehead atoms. The zero-order valence-electron chi connectivity index (χ0n) is 10.2. The van der Waals surface area contributed by atoms with Crippen molar-refractivity contribution in [3.63, 3.8) is 0 Å². The summed E-state index contributed by atoms with van der Waals surface area (Å²) in [5, 5.41) is 3.32. The van der Waals surface area contributed by atoms with E-state index >= 15 is 0 Å². The second-order valence-corrected chi connectivity index (χ2v) is 5.14. The molecule has 0 radical (unpaired) electrons. The number of nitrogens with one attached hydrogen (secondary N) is 1. The van der Waals surface area contributed by atoms with Crippen LogP contribution < -0.4 is 5.32 Å². The van der Waals surface area contributed by atoms with Crippen LogP contribution in [0.15, 0.2) is 11.1 Å². The lowest BCUT2D eigenvalue weighted by Crippen LogP contribution is -2.39. The molecule has 0 aromatic rings. The third-order valence-electron chi connectivity index (χ3n) is 3.92. The first-order chi connectivity index (χ1) is 7.29. The van der Waals surface area contributed by atoms with E-state index in [1.54, 1.807) is 11.1 Å². The molecule has 86 valence electrons. The monoisotopic (exact) mass is 208 g/mol. The molecule has 2 heterocycles. The lowest BCUT2D eigenvalue weighted by atomic mass is 9.95. The molecule has 1 atom stereocenters. The molecule has 2 saturated heterocycles. The SMILES string of the molecule is CCC1CCCN(CC(C)=C2CNC2)C1. The summed E-state index contributed by atoms with van der Waals surface area (Å²) in [6.45, 7) is 10.8. The molecule has 2 nitrogen and oxygen atoms in total. The number of likely N-dealkylation sites (tertiary alicyclic amines) is 1. The second kappa shape index (κ2) is 5.13. The normalized spacial score (nSPS) is 27.6. The minimum absolute atomic E-state index is 0.955. The van der Waals surface area contributed by atoms with Gasteiger partial charge in [0.1, 0.15) is 0 Å². The van der Waals surface area contributed by atoms with Crippen molar-refractivity contribution in [2.75, 3.05) is 32.7 Å². The molecule has 0 aromatic carbocycles. The molecule has 0 aliphatic carbocycles. The fourth-order valence-corrected chi connectivity index (χ4v) is 2.63. The highest BCUT2D eigenvalue weighted by molar-refractivity contribution is 5.22. The molecule has 2 fully saturated rings. The first-order valence-corrected chi connectivity index (χ1v) is 6.40. The van der Waals surface area contributed by atoms with E-state index in [0.717, 1.165) is 19.0 Å². The van der Waals surface area contributed by atoms with Crippen molar-refractivity contribution < 1.29 is 0 Å². The average Bonchev–Trinajstić information content (AvgIpc) is 2.15. The molecule has 2 heteroatoms. The minimum Gasteiger partial charge on any atom is -0.309 e. The van der Waals surface area contributed by atoms with E-state index in [-0.39, 0.29) is 0 Å². The highest BCUT2D eigenvalue weighted by Crippen LogP contribution is 2.20. The first-order valence-electron chi connectivity index (χ1n) is 6.40. The second-order valence-electron chi connectivity index (χ2n) is 5.14. The number of rotatable bonds is 3. The quantitative estimate of drug-likeness (QED) is 0.714. The number of piperidine rings is 1. The Balaban J connectivity index is 1.83. The van der Waals surface area contributed by atoms with Crippen LogP contribution in [0.5, 0.6) is 0 Å². The van der Waals surface area contributed by atoms with Gasteiger partial charge in [-0.15, -0.1) is 0 Å². The van der Waals surface area contributed by atoms with Gasteiger partial charge in [0, 0.05) is 26.2 Å². The third kappa shape index (κ3) is 2.82. The van der Waals surface area contributed by atoms with Crippen LogP contribution >= 0.6 is 0 Å². The summed E-state index contributed by atoms with van der Waals surface area (Å²) in [5.41, 5.74) is 3.26. The van der Waals surface area contributed by atoms with Crippen LogP contribution in [0, 0.1) is 5.92 Å². The summed E-state index contributed by atoms with van der Waals surface area (Å²) >= 11 is 0. The molecule has 1 N–H and O–H groups in total. The van der Waals surface area contributed by atoms with Gasteiger partial charge in [0.15, 0.2) is 0 Å². The van der Waals surface area contributed by atoms with Crippen LogP contribution in [-0.2, 0) is 0 Å². The molecule has 0 saturated carbocycles. The van der Waals surface area contributed by atoms with E-state index in [4.69, 9.17) is 0 Å². The van der Waals surface area contributed by atoms with E-state index in [1.165, 1.54) is 38.9 Å². The highest BCUT2D eigenvalue weighted by Gasteiger charge is 2.19. The Kier molecular flexibility index (Phi) is 3.81. The maximum Gasteiger partial charge on any atom is 0.0193 e. The van der Waals surface area contributed by atoms with Gasteiger partial charge in [-0.25, -0.2) is 0 Å². The van der Waals surface area contributed by atoms with Crippen molar-refractivity contribution in [2.24, 2.45) is 5.92 Å². The van der Waals surface area contributed by atoms with E-state index < -0.39 is 0 Å². The van der Waals surface area contributed by atoms with E-state index in [2.05, 4.69) is 24.1 Å². The molecule has 0 amide bonds. The van der Waals surface area contributed by atoms with Crippen LogP contribution in [0.25, 0.3) is 0 Å². The van der Waals surface area contributed by atoms with Gasteiger partial charge in [-0.05, 0) is 37.8 Å². The van der Waals surface area contributed by atoms with Gasteiger partial charge in [0.2, 0.25) is 0 Å². The van der Waals surface area contributed by atoms with Crippen molar-refractivity contribution >= 4 is 0 Å². The fraction of sp³-hybridized carbons (Fsp3) is 0.846. The summed E-state index contributed by atoms with van der Waals surface area (Å²) in [5.74, 6) is 0.955. The standard InChI is InChI=1S/C13H24N2/c1-3-12-5-4-6-15(10-12)9-11(2)13-7-14-8-13/h12,14H,3-10H2,1-2H3. The van der Waals surface area contributed by atoms with E-state index in [1.807, 2.05) is 0 Å². The molecule has 2 aliphatic rings. The van der Waals surface area contributed by atoms with E-state index in [9.17, 15) is 0 Å². The Morgan fingerprint density at radius 1 is 1.47 bits per heavy atom. The number of hydrogen-bond acceptors (Lipinski definition) is 2. The topological polar surface area (TPSA) is 15.3 Å². The van der Waals surface area contributed by atoms with Gasteiger partial charge < -0.3 is 5.32 Å². The highest BCUT2D eigenvalue weighted by atomic mass is 15.1. The minimum atomic E-state index is 0.955. The van der Waals surface area contributed by atoms with Gasteiger partial charge in [0.05, 0.1) is 0 Å². The molecular weight excluding hydrogens is 184 g/mol. The Bertz CT molecular complexity index is 239. The Morgan fingerprint density at radius 2 is 2.27 bits per heavy atom. The molecule has 15 heavy (non-hydrogen) atoms. The smallest absolute Gasteiger partial charge is 0.0193 e. The first kappa shape index (κ1) is 11.2. The predicted molar refractivity (Wildman–Crippen MR) is 65.0 cm³/mol. The van der Waals surface area contributed by atoms with Gasteiger partial charge >= 0.3 is 0 Å². The summed E-state index contributed by atoms with van der Waals surface area (Å²) < 4.78 is 0. The summed E-state index contributed by atoms with van der Waals surface area (Å²) in [6.07, 6.45) is 4.21. The van der Waals surface area contributed by atoms with Crippen LogP contribution in [-0.4, -0.2) is 37.6 Å². The molecule has 0 spiro atoms. The molecule has 0 aromatic heterocycles. The summed E-state index contributed by atoms with van der Waals surface area (Å²) in [6, 6.07) is 0. The molecule has 2 rings (SSSR count). The Hall–Kier alpha value is -0.340. The fourth-order valence-electron chi connectivity index (χ4n) is 2.63. The van der Waals surface area contributed by atoms with Crippen molar-refractivity contribution in [3.05, 3.63) is 11.1 Å². The van der Waals surface area contributed by atoms with Crippen LogP contribution in [0.3, 0.4) is 0 Å². The Morgan fingerprint density at radius 3 is 2.87 bits per heavy atom. The van der Waals surface area contributed by atoms with Crippen molar-refractivity contribution in [3.8, 4) is 0 Å². The van der Waals surface area contributed by atoms with Crippen molar-refractivity contribution in [1.29, 1.82) is 0 Å². The largest absolute Gasteiger partial charge is 0.309 e. The summed E-state index contributed by atoms with van der Waals surface area (Å²) in [7, 11) is 0. The molecule has 1 unspecified atom stereocenters. The molecule has 2 aliphatic heterocycles. The van der Waals surface area contributed by atoms with Gasteiger partial charge in [0.25, 0.3) is 0 Å². The summed E-state index contributed by atoms with van der Waals surface area (Å²) in [4.78, 5) is 2.65. The maximum atomic E-state index is 3.32. The predicted octanol–water partition coefficient (Wildman–Crippen LogP) is 2.03. The van der Waals surface area contributed by atoms with Gasteiger partial charge in [-0.1, -0.05) is 18.9 Å². The van der Waals surface area contributed by atoms with Crippen LogP contribution in [0.1, 0.15) is 33.1 Å². The van der Waals surface area contributed by atoms with Gasteiger partial charge in [-0.2, -0.15) is 0 Å². The average molecular weight is 208 g/mol. The molecular formula is C13H24N2. The van der Waals surface area contributed by atoms with Crippen LogP contribution in [0.4, 0.5) is 0 Å². The van der Waals surface area contributed by atoms with E-state index in [0.29, 0.717) is 0 Å². The van der Waals surface area contributed by atoms with Crippen molar-refractivity contribution in [2.45, 2.75) is 33.1 Å². The van der Waals surface area contributed by atoms with Crippen LogP contribution in [0.2, 0.25) is 0 Å². The maximum absolute atomic E-state index is 3.32. The van der Waals surface area contributed by atoms with Crippen molar-refractivity contribution in [1.82, 2.24) is 10.2 Å². The Labute approximate surface area is 93.7 Å².